The molecular formula is C14H13ClN2O. The van der Waals surface area contributed by atoms with Crippen molar-refractivity contribution < 1.29 is 4.79 Å². The molecule has 1 aliphatic heterocycles. The standard InChI is InChI=1S/C14H13ClN2O/c1-2-14(8-9-3-4-9)11-7-10(15)5-6-12(11)16-13(18)17-14/h1,5-7,9H,3-4,8H2,(H2,16,17,18). The average molecular weight is 261 g/mol. The van der Waals surface area contributed by atoms with Crippen LogP contribution in [-0.4, -0.2) is 6.03 Å². The highest BCUT2D eigenvalue weighted by molar-refractivity contribution is 6.30. The second kappa shape index (κ2) is 3.93. The van der Waals surface area contributed by atoms with Crippen LogP contribution in [-0.2, 0) is 5.54 Å². The van der Waals surface area contributed by atoms with Gasteiger partial charge in [0.25, 0.3) is 0 Å². The van der Waals surface area contributed by atoms with E-state index in [0.29, 0.717) is 10.9 Å². The Morgan fingerprint density at radius 1 is 1.50 bits per heavy atom. The third-order valence-electron chi connectivity index (χ3n) is 3.55. The SMILES string of the molecule is C#CC1(CC2CC2)NC(=O)Nc2ccc(Cl)cc21. The van der Waals surface area contributed by atoms with Gasteiger partial charge in [-0.25, -0.2) is 4.79 Å². The number of hydrogen-bond donors (Lipinski definition) is 2. The molecule has 1 aromatic rings. The molecule has 2 amide bonds. The Balaban J connectivity index is 2.11. The van der Waals surface area contributed by atoms with Crippen LogP contribution in [0.2, 0.25) is 5.02 Å². The van der Waals surface area contributed by atoms with Gasteiger partial charge in [0.1, 0.15) is 5.54 Å². The van der Waals surface area contributed by atoms with Crippen LogP contribution >= 0.6 is 11.6 Å². The van der Waals surface area contributed by atoms with Crippen LogP contribution < -0.4 is 10.6 Å². The van der Waals surface area contributed by atoms with Crippen LogP contribution in [0.1, 0.15) is 24.8 Å². The summed E-state index contributed by atoms with van der Waals surface area (Å²) in [6, 6.07) is 5.15. The summed E-state index contributed by atoms with van der Waals surface area (Å²) in [4.78, 5) is 11.7. The van der Waals surface area contributed by atoms with E-state index >= 15 is 0 Å². The zero-order chi connectivity index (χ0) is 12.8. The van der Waals surface area contributed by atoms with Gasteiger partial charge in [0.2, 0.25) is 0 Å². The average Bonchev–Trinajstić information content (AvgIpc) is 3.14. The lowest BCUT2D eigenvalue weighted by atomic mass is 9.83. The van der Waals surface area contributed by atoms with Crippen LogP contribution in [0.25, 0.3) is 0 Å². The van der Waals surface area contributed by atoms with Crippen LogP contribution in [0.15, 0.2) is 18.2 Å². The molecule has 1 aliphatic carbocycles. The van der Waals surface area contributed by atoms with Gasteiger partial charge in [-0.15, -0.1) is 6.42 Å². The van der Waals surface area contributed by atoms with Crippen molar-refractivity contribution in [2.45, 2.75) is 24.8 Å². The third kappa shape index (κ3) is 1.83. The number of carbonyl (C=O) groups is 1. The minimum atomic E-state index is -0.719. The Bertz CT molecular complexity index is 559. The number of carbonyl (C=O) groups excluding carboxylic acids is 1. The first-order chi connectivity index (χ1) is 8.63. The van der Waals surface area contributed by atoms with Crippen molar-refractivity contribution in [1.82, 2.24) is 5.32 Å². The zero-order valence-electron chi connectivity index (χ0n) is 9.79. The van der Waals surface area contributed by atoms with Gasteiger partial charge < -0.3 is 10.6 Å². The van der Waals surface area contributed by atoms with Crippen molar-refractivity contribution in [2.75, 3.05) is 5.32 Å². The predicted molar refractivity (Wildman–Crippen MR) is 71.5 cm³/mol. The lowest BCUT2D eigenvalue weighted by molar-refractivity contribution is 0.239. The van der Waals surface area contributed by atoms with Gasteiger partial charge in [-0.05, 0) is 30.5 Å². The summed E-state index contributed by atoms with van der Waals surface area (Å²) in [5, 5.41) is 6.28. The quantitative estimate of drug-likeness (QED) is 0.789. The molecule has 2 aliphatic rings. The largest absolute Gasteiger partial charge is 0.320 e. The third-order valence-corrected chi connectivity index (χ3v) is 3.79. The molecule has 1 aromatic carbocycles. The summed E-state index contributed by atoms with van der Waals surface area (Å²) in [7, 11) is 0. The molecule has 1 unspecified atom stereocenters. The van der Waals surface area contributed by atoms with E-state index in [0.717, 1.165) is 17.7 Å². The Morgan fingerprint density at radius 3 is 2.94 bits per heavy atom. The molecule has 0 aromatic heterocycles. The number of rotatable bonds is 2. The zero-order valence-corrected chi connectivity index (χ0v) is 10.6. The fourth-order valence-corrected chi connectivity index (χ4v) is 2.65. The van der Waals surface area contributed by atoms with Crippen molar-refractivity contribution >= 4 is 23.3 Å². The second-order valence-electron chi connectivity index (χ2n) is 4.97. The first-order valence-corrected chi connectivity index (χ1v) is 6.38. The molecular weight excluding hydrogens is 248 g/mol. The van der Waals surface area contributed by atoms with Crippen LogP contribution in [0.5, 0.6) is 0 Å². The van der Waals surface area contributed by atoms with E-state index in [4.69, 9.17) is 18.0 Å². The Kier molecular flexibility index (Phi) is 2.49. The summed E-state index contributed by atoms with van der Waals surface area (Å²) in [5.41, 5.74) is 0.926. The number of nitrogens with one attached hydrogen (secondary N) is 2. The van der Waals surface area contributed by atoms with Gasteiger partial charge in [0.05, 0.1) is 0 Å². The molecule has 18 heavy (non-hydrogen) atoms. The Hall–Kier alpha value is -1.66. The van der Waals surface area contributed by atoms with E-state index in [-0.39, 0.29) is 6.03 Å². The molecule has 1 atom stereocenters. The van der Waals surface area contributed by atoms with Gasteiger partial charge >= 0.3 is 6.03 Å². The van der Waals surface area contributed by atoms with Crippen LogP contribution in [0.3, 0.4) is 0 Å². The molecule has 0 bridgehead atoms. The predicted octanol–water partition coefficient (Wildman–Crippen LogP) is 3.10. The van der Waals surface area contributed by atoms with E-state index in [2.05, 4.69) is 16.6 Å². The number of amides is 2. The highest BCUT2D eigenvalue weighted by Crippen LogP contribution is 2.44. The van der Waals surface area contributed by atoms with E-state index in [1.807, 2.05) is 6.07 Å². The number of fused-ring (bicyclic) bond motifs is 1. The van der Waals surface area contributed by atoms with Gasteiger partial charge in [-0.1, -0.05) is 30.4 Å². The summed E-state index contributed by atoms with van der Waals surface area (Å²) in [5.74, 6) is 3.38. The topological polar surface area (TPSA) is 41.1 Å². The second-order valence-corrected chi connectivity index (χ2v) is 5.40. The van der Waals surface area contributed by atoms with Crippen molar-refractivity contribution in [2.24, 2.45) is 5.92 Å². The number of halogens is 1. The van der Waals surface area contributed by atoms with Crippen molar-refractivity contribution in [3.8, 4) is 12.3 Å². The molecule has 1 saturated carbocycles. The summed E-state index contributed by atoms with van der Waals surface area (Å²) in [6.45, 7) is 0. The molecule has 0 saturated heterocycles. The van der Waals surface area contributed by atoms with Crippen molar-refractivity contribution in [3.05, 3.63) is 28.8 Å². The number of urea groups is 1. The lowest BCUT2D eigenvalue weighted by Gasteiger charge is -2.36. The number of benzene rings is 1. The summed E-state index contributed by atoms with van der Waals surface area (Å²) >= 11 is 6.04. The number of terminal acetylenes is 1. The highest BCUT2D eigenvalue weighted by atomic mass is 35.5. The molecule has 2 N–H and O–H groups in total. The van der Waals surface area contributed by atoms with Crippen molar-refractivity contribution in [1.29, 1.82) is 0 Å². The van der Waals surface area contributed by atoms with Gasteiger partial charge in [-0.2, -0.15) is 0 Å². The smallest absolute Gasteiger partial charge is 0.317 e. The van der Waals surface area contributed by atoms with E-state index < -0.39 is 5.54 Å². The molecule has 92 valence electrons. The maximum absolute atomic E-state index is 11.7. The Labute approximate surface area is 111 Å². The monoisotopic (exact) mass is 260 g/mol. The molecule has 0 radical (unpaired) electrons. The molecule has 0 spiro atoms. The molecule has 4 heteroatoms. The fourth-order valence-electron chi connectivity index (χ4n) is 2.48. The van der Waals surface area contributed by atoms with Gasteiger partial charge in [0, 0.05) is 16.3 Å². The minimum Gasteiger partial charge on any atom is -0.317 e. The number of hydrogen-bond acceptors (Lipinski definition) is 1. The first kappa shape index (κ1) is 11.4. The van der Waals surface area contributed by atoms with E-state index in [1.54, 1.807) is 12.1 Å². The van der Waals surface area contributed by atoms with Gasteiger partial charge in [-0.3, -0.25) is 0 Å². The molecule has 3 nitrogen and oxygen atoms in total. The number of anilines is 1. The maximum atomic E-state index is 11.7. The molecule has 3 rings (SSSR count). The summed E-state index contributed by atoms with van der Waals surface area (Å²) in [6.07, 6.45) is 8.85. The van der Waals surface area contributed by atoms with Gasteiger partial charge in [0.15, 0.2) is 0 Å². The first-order valence-electron chi connectivity index (χ1n) is 6.00. The fraction of sp³-hybridized carbons (Fsp3) is 0.357. The molecule has 1 fully saturated rings. The van der Waals surface area contributed by atoms with E-state index in [9.17, 15) is 4.79 Å². The Morgan fingerprint density at radius 2 is 2.28 bits per heavy atom. The summed E-state index contributed by atoms with van der Waals surface area (Å²) < 4.78 is 0. The van der Waals surface area contributed by atoms with Crippen molar-refractivity contribution in [3.63, 3.8) is 0 Å². The van der Waals surface area contributed by atoms with Crippen LogP contribution in [0, 0.1) is 18.3 Å². The maximum Gasteiger partial charge on any atom is 0.320 e. The normalized spacial score (nSPS) is 25.7. The molecule has 1 heterocycles. The van der Waals surface area contributed by atoms with Crippen LogP contribution in [0.4, 0.5) is 10.5 Å². The highest BCUT2D eigenvalue weighted by Gasteiger charge is 2.42. The lowest BCUT2D eigenvalue weighted by Crippen LogP contribution is -2.51. The van der Waals surface area contributed by atoms with E-state index in [1.165, 1.54) is 12.8 Å². The minimum absolute atomic E-state index is 0.247.